The summed E-state index contributed by atoms with van der Waals surface area (Å²) in [6.45, 7) is 22.8. The Morgan fingerprint density at radius 3 is 0.885 bits per heavy atom. The van der Waals surface area contributed by atoms with Crippen molar-refractivity contribution in [1.82, 2.24) is 0 Å². The molecule has 6 saturated heterocycles. The molecule has 104 heavy (non-hydrogen) atoms. The first-order chi connectivity index (χ1) is 49.7. The van der Waals surface area contributed by atoms with Gasteiger partial charge in [-0.2, -0.15) is 0 Å². The highest BCUT2D eigenvalue weighted by Crippen LogP contribution is 2.34. The zero-order chi connectivity index (χ0) is 77.8. The molecule has 34 nitrogen and oxygen atoms in total. The van der Waals surface area contributed by atoms with E-state index in [1.807, 2.05) is 34.6 Å². The van der Waals surface area contributed by atoms with Crippen molar-refractivity contribution in [2.24, 2.45) is 21.7 Å². The van der Waals surface area contributed by atoms with Crippen LogP contribution >= 0.6 is 0 Å². The number of ether oxygens (including phenoxy) is 16. The molecule has 600 valence electrons. The lowest BCUT2D eigenvalue weighted by Crippen LogP contribution is -2.46. The Morgan fingerprint density at radius 2 is 0.644 bits per heavy atom. The summed E-state index contributed by atoms with van der Waals surface area (Å²) >= 11 is 0. The SMILES string of the molecule is CCC1(COC(=O)/C=C/C(=O)O)COC1.CCC1(COC(=O)/C=C/C(=O)O)COC1.CCC1(COC(=O)/C=C/C(=O)OCC(O)COCCC[Si](OC)(OC)OC)COC1.CCOCC(O)COC(=O)/C=C/C(=O)OCC1(CC)COC1.CCOCC1CO1.CO[Si](CCCOCC1CO1)(OC)OC. The van der Waals surface area contributed by atoms with Crippen LogP contribution in [-0.2, 0) is 141 Å². The Hall–Kier alpha value is -5.57. The first-order valence-electron chi connectivity index (χ1n) is 34.4. The lowest BCUT2D eigenvalue weighted by Gasteiger charge is -2.39. The molecule has 4 unspecified atom stereocenters. The Labute approximate surface area is 612 Å². The normalized spacial score (nSPS) is 18.8. The number of hydrogen-bond donors (Lipinski definition) is 4. The Morgan fingerprint density at radius 1 is 0.385 bits per heavy atom. The van der Waals surface area contributed by atoms with Crippen LogP contribution in [0, 0.1) is 21.7 Å². The summed E-state index contributed by atoms with van der Waals surface area (Å²) in [5.41, 5.74) is -0.332. The summed E-state index contributed by atoms with van der Waals surface area (Å²) < 4.78 is 113. The van der Waals surface area contributed by atoms with Gasteiger partial charge in [-0.1, -0.05) is 27.7 Å². The summed E-state index contributed by atoms with van der Waals surface area (Å²) in [5.74, 6) is -6.28. The number of esters is 6. The van der Waals surface area contributed by atoms with Gasteiger partial charge in [-0.3, -0.25) is 0 Å². The van der Waals surface area contributed by atoms with Gasteiger partial charge < -0.3 is 123 Å². The topological polar surface area (TPSA) is 427 Å². The van der Waals surface area contributed by atoms with Gasteiger partial charge in [0.25, 0.3) is 0 Å². The summed E-state index contributed by atoms with van der Waals surface area (Å²) in [7, 11) is 4.47. The van der Waals surface area contributed by atoms with Crippen LogP contribution in [0.15, 0.2) is 48.6 Å². The molecule has 6 aliphatic rings. The third kappa shape index (κ3) is 43.3. The molecule has 36 heteroatoms. The van der Waals surface area contributed by atoms with Gasteiger partial charge in [-0.05, 0) is 52.4 Å². The van der Waals surface area contributed by atoms with Crippen molar-refractivity contribution in [2.45, 2.75) is 117 Å². The number of aliphatic hydroxyl groups is 2. The number of rotatable bonds is 48. The molecule has 0 bridgehead atoms. The average Bonchev–Trinajstić information content (AvgIpc) is 1.00. The van der Waals surface area contributed by atoms with Crippen LogP contribution in [-0.4, -0.2) is 311 Å². The van der Waals surface area contributed by atoms with Gasteiger partial charge in [0.2, 0.25) is 0 Å². The third-order valence-electron chi connectivity index (χ3n) is 16.5. The van der Waals surface area contributed by atoms with Crippen LogP contribution < -0.4 is 0 Å². The fraction of sp³-hybridized carbons (Fsp3) is 0.765. The predicted molar refractivity (Wildman–Crippen MR) is 370 cm³/mol. The van der Waals surface area contributed by atoms with Gasteiger partial charge >= 0.3 is 65.4 Å². The van der Waals surface area contributed by atoms with Crippen molar-refractivity contribution in [3.63, 3.8) is 0 Å². The molecule has 0 spiro atoms. The highest BCUT2D eigenvalue weighted by Gasteiger charge is 2.42. The molecule has 6 aliphatic heterocycles. The summed E-state index contributed by atoms with van der Waals surface area (Å²) in [4.78, 5) is 88.5. The second-order valence-electron chi connectivity index (χ2n) is 24.6. The first-order valence-corrected chi connectivity index (χ1v) is 38.3. The van der Waals surface area contributed by atoms with Gasteiger partial charge in [0.15, 0.2) is 0 Å². The second kappa shape index (κ2) is 54.9. The van der Waals surface area contributed by atoms with Crippen LogP contribution in [0.25, 0.3) is 0 Å². The number of epoxide rings is 2. The molecular weight excluding hydrogens is 1420 g/mol. The van der Waals surface area contributed by atoms with Crippen molar-refractivity contribution in [2.75, 3.05) is 201 Å². The Balaban J connectivity index is 0.000000651. The van der Waals surface area contributed by atoms with Crippen LogP contribution in [0.2, 0.25) is 12.1 Å². The van der Waals surface area contributed by atoms with Gasteiger partial charge in [0.05, 0.1) is 114 Å². The molecule has 0 aromatic heterocycles. The lowest BCUT2D eigenvalue weighted by molar-refractivity contribution is -0.166. The quantitative estimate of drug-likeness (QED) is 0.0169. The van der Waals surface area contributed by atoms with E-state index in [4.69, 9.17) is 113 Å². The number of carbonyl (C=O) groups excluding carboxylic acids is 6. The third-order valence-corrected chi connectivity index (χ3v) is 22.1. The maximum atomic E-state index is 11.7. The first kappa shape index (κ1) is 96.4. The van der Waals surface area contributed by atoms with Crippen LogP contribution in [0.5, 0.6) is 0 Å². The molecule has 6 heterocycles. The van der Waals surface area contributed by atoms with E-state index in [0.717, 1.165) is 113 Å². The molecule has 6 fully saturated rings. The van der Waals surface area contributed by atoms with E-state index in [2.05, 4.69) is 0 Å². The van der Waals surface area contributed by atoms with Crippen molar-refractivity contribution >= 4 is 65.4 Å². The highest BCUT2D eigenvalue weighted by molar-refractivity contribution is 6.60. The minimum Gasteiger partial charge on any atom is -0.478 e. The molecular formula is C68H116O34Si2. The zero-order valence-electron chi connectivity index (χ0n) is 62.6. The Kier molecular flexibility index (Phi) is 50.9. The van der Waals surface area contributed by atoms with Crippen LogP contribution in [0.3, 0.4) is 0 Å². The molecule has 0 aromatic carbocycles. The monoisotopic (exact) mass is 1530 g/mol. The van der Waals surface area contributed by atoms with Gasteiger partial charge in [0, 0.05) is 130 Å². The molecule has 4 N–H and O–H groups in total. The highest BCUT2D eigenvalue weighted by atomic mass is 28.4. The largest absolute Gasteiger partial charge is 0.500 e. The summed E-state index contributed by atoms with van der Waals surface area (Å²) in [6, 6.07) is 1.36. The number of hydrogen-bond acceptors (Lipinski definition) is 32. The fourth-order valence-electron chi connectivity index (χ4n) is 8.47. The molecule has 6 rings (SSSR count). The molecule has 0 radical (unpaired) electrons. The number of carbonyl (C=O) groups is 8. The number of aliphatic hydroxyl groups excluding tert-OH is 2. The summed E-state index contributed by atoms with van der Waals surface area (Å²) in [5, 5.41) is 35.8. The maximum Gasteiger partial charge on any atom is 0.500 e. The van der Waals surface area contributed by atoms with E-state index in [0.29, 0.717) is 104 Å². The van der Waals surface area contributed by atoms with Crippen molar-refractivity contribution < 1.29 is 161 Å². The summed E-state index contributed by atoms with van der Waals surface area (Å²) in [6.07, 6.45) is 11.2. The van der Waals surface area contributed by atoms with E-state index in [-0.39, 0.29) is 74.5 Å². The number of carboxylic acid groups (broad SMARTS) is 2. The minimum atomic E-state index is -2.62. The fourth-order valence-corrected chi connectivity index (χ4v) is 11.8. The second-order valence-corrected chi connectivity index (χ2v) is 30.8. The molecule has 0 amide bonds. The van der Waals surface area contributed by atoms with Gasteiger partial charge in [-0.15, -0.1) is 0 Å². The number of carboxylic acids is 2. The molecule has 0 aliphatic carbocycles. The van der Waals surface area contributed by atoms with Crippen LogP contribution in [0.1, 0.15) is 80.1 Å². The molecule has 0 saturated carbocycles. The van der Waals surface area contributed by atoms with E-state index in [9.17, 15) is 48.6 Å². The lowest BCUT2D eigenvalue weighted by atomic mass is 9.84. The van der Waals surface area contributed by atoms with E-state index < -0.39 is 77.6 Å². The Bertz CT molecular complexity index is 2440. The van der Waals surface area contributed by atoms with Crippen molar-refractivity contribution in [3.8, 4) is 0 Å². The standard InChI is InChI=1S/C19H34O10Si.C15H24O7.2C10H14O5.C9H20O5Si.C5H10O2/c1-5-19(13-27-14-19)15-29-18(22)8-7-17(21)28-12-16(20)11-26-9-6-10-30(23-2,24-3)25-4;1-3-15(9-20-10-15)11-22-14(18)6-5-13(17)21-8-12(16)7-19-4-2;2*1-2-10(5-14-6-10)7-15-9(13)4-3-8(11)12;1-10-15(11-2,12-3)6-4-5-13-7-9-8-14-9;1-2-6-3-5-4-7-5/h7-8,16,20H,5-6,9-15H2,1-4H3;5-6,12,16H,3-4,7-11H2,1-2H3;2*3-4H,2,5-7H2,1H3,(H,11,12);9H,4-8H2,1-3H3;5H,2-4H2,1H3/b8-7+;6-5+;2*4-3+;;. The predicted octanol–water partition coefficient (Wildman–Crippen LogP) is 3.44. The van der Waals surface area contributed by atoms with E-state index >= 15 is 0 Å². The zero-order valence-corrected chi connectivity index (χ0v) is 64.6. The van der Waals surface area contributed by atoms with Crippen molar-refractivity contribution in [3.05, 3.63) is 48.6 Å². The number of aliphatic carboxylic acids is 2. The van der Waals surface area contributed by atoms with Gasteiger partial charge in [0.1, 0.15) is 64.1 Å². The van der Waals surface area contributed by atoms with Crippen LogP contribution in [0.4, 0.5) is 0 Å². The van der Waals surface area contributed by atoms with Crippen molar-refractivity contribution in [1.29, 1.82) is 0 Å². The van der Waals surface area contributed by atoms with Gasteiger partial charge in [-0.25, -0.2) is 38.4 Å². The van der Waals surface area contributed by atoms with E-state index in [1.54, 1.807) is 28.3 Å². The minimum absolute atomic E-state index is 0.00170. The molecule has 0 aromatic rings. The maximum absolute atomic E-state index is 11.7. The molecule has 4 atom stereocenters. The smallest absolute Gasteiger partial charge is 0.478 e. The van der Waals surface area contributed by atoms with E-state index in [1.165, 1.54) is 21.3 Å². The average molecular weight is 1530 g/mol.